The fourth-order valence-electron chi connectivity index (χ4n) is 3.53. The Bertz CT molecular complexity index is 223. The SMILES string of the molecule is CN1CCC(CN(C)C2(CN)CCCC2)C1. The molecule has 0 radical (unpaired) electrons. The summed E-state index contributed by atoms with van der Waals surface area (Å²) in [5, 5.41) is 0. The normalized spacial score (nSPS) is 30.4. The van der Waals surface area contributed by atoms with E-state index in [4.69, 9.17) is 5.73 Å². The zero-order valence-electron chi connectivity index (χ0n) is 10.9. The third-order valence-corrected chi connectivity index (χ3v) is 4.74. The van der Waals surface area contributed by atoms with Gasteiger partial charge in [0.15, 0.2) is 0 Å². The number of hydrogen-bond acceptors (Lipinski definition) is 3. The van der Waals surface area contributed by atoms with Crippen molar-refractivity contribution in [2.75, 3.05) is 40.3 Å². The van der Waals surface area contributed by atoms with E-state index in [-0.39, 0.29) is 0 Å². The average molecular weight is 225 g/mol. The van der Waals surface area contributed by atoms with Crippen LogP contribution in [-0.2, 0) is 0 Å². The summed E-state index contributed by atoms with van der Waals surface area (Å²) in [7, 11) is 4.52. The second-order valence-electron chi connectivity index (χ2n) is 5.93. The monoisotopic (exact) mass is 225 g/mol. The van der Waals surface area contributed by atoms with Crippen LogP contribution in [0.15, 0.2) is 0 Å². The van der Waals surface area contributed by atoms with E-state index in [1.165, 1.54) is 51.7 Å². The molecule has 0 aromatic rings. The van der Waals surface area contributed by atoms with Crippen molar-refractivity contribution in [3.63, 3.8) is 0 Å². The van der Waals surface area contributed by atoms with E-state index in [1.54, 1.807) is 0 Å². The zero-order valence-corrected chi connectivity index (χ0v) is 10.9. The molecule has 94 valence electrons. The molecule has 16 heavy (non-hydrogen) atoms. The van der Waals surface area contributed by atoms with Crippen LogP contribution >= 0.6 is 0 Å². The summed E-state index contributed by atoms with van der Waals surface area (Å²) in [5.41, 5.74) is 6.35. The summed E-state index contributed by atoms with van der Waals surface area (Å²) in [4.78, 5) is 5.02. The maximum Gasteiger partial charge on any atom is 0.0328 e. The van der Waals surface area contributed by atoms with Gasteiger partial charge in [0, 0.05) is 25.2 Å². The largest absolute Gasteiger partial charge is 0.329 e. The topological polar surface area (TPSA) is 32.5 Å². The van der Waals surface area contributed by atoms with E-state index in [1.807, 2.05) is 0 Å². The molecule has 1 saturated carbocycles. The van der Waals surface area contributed by atoms with Crippen molar-refractivity contribution in [2.24, 2.45) is 11.7 Å². The maximum absolute atomic E-state index is 6.02. The van der Waals surface area contributed by atoms with Crippen molar-refractivity contribution < 1.29 is 0 Å². The van der Waals surface area contributed by atoms with Crippen molar-refractivity contribution >= 4 is 0 Å². The van der Waals surface area contributed by atoms with E-state index < -0.39 is 0 Å². The Morgan fingerprint density at radius 2 is 2.06 bits per heavy atom. The van der Waals surface area contributed by atoms with Crippen molar-refractivity contribution in [3.8, 4) is 0 Å². The summed E-state index contributed by atoms with van der Waals surface area (Å²) < 4.78 is 0. The highest BCUT2D eigenvalue weighted by molar-refractivity contribution is 4.95. The molecular weight excluding hydrogens is 198 g/mol. The van der Waals surface area contributed by atoms with E-state index in [0.29, 0.717) is 5.54 Å². The Kier molecular flexibility index (Phi) is 3.88. The molecule has 0 spiro atoms. The van der Waals surface area contributed by atoms with Crippen LogP contribution in [0.1, 0.15) is 32.1 Å². The molecule has 1 aliphatic carbocycles. The lowest BCUT2D eigenvalue weighted by Crippen LogP contribution is -2.51. The third kappa shape index (κ3) is 2.41. The van der Waals surface area contributed by atoms with Crippen molar-refractivity contribution in [1.82, 2.24) is 9.80 Å². The van der Waals surface area contributed by atoms with Crippen LogP contribution in [0.3, 0.4) is 0 Å². The Hall–Kier alpha value is -0.120. The van der Waals surface area contributed by atoms with Crippen LogP contribution in [-0.4, -0.2) is 55.6 Å². The molecule has 1 aliphatic heterocycles. The van der Waals surface area contributed by atoms with Crippen LogP contribution in [0.5, 0.6) is 0 Å². The highest BCUT2D eigenvalue weighted by atomic mass is 15.2. The fourth-order valence-corrected chi connectivity index (χ4v) is 3.53. The minimum Gasteiger partial charge on any atom is -0.329 e. The lowest BCUT2D eigenvalue weighted by atomic mass is 9.94. The summed E-state index contributed by atoms with van der Waals surface area (Å²) in [5.74, 6) is 0.860. The molecule has 0 aromatic heterocycles. The van der Waals surface area contributed by atoms with Gasteiger partial charge in [-0.3, -0.25) is 4.90 Å². The van der Waals surface area contributed by atoms with E-state index in [0.717, 1.165) is 12.5 Å². The number of hydrogen-bond donors (Lipinski definition) is 1. The highest BCUT2D eigenvalue weighted by Gasteiger charge is 2.37. The number of nitrogens with zero attached hydrogens (tertiary/aromatic N) is 2. The Morgan fingerprint density at radius 3 is 2.56 bits per heavy atom. The van der Waals surface area contributed by atoms with Gasteiger partial charge >= 0.3 is 0 Å². The lowest BCUT2D eigenvalue weighted by molar-refractivity contribution is 0.112. The quantitative estimate of drug-likeness (QED) is 0.779. The molecule has 3 heteroatoms. The summed E-state index contributed by atoms with van der Waals surface area (Å²) in [6.45, 7) is 4.62. The van der Waals surface area contributed by atoms with Gasteiger partial charge in [0.05, 0.1) is 0 Å². The number of nitrogens with two attached hydrogens (primary N) is 1. The summed E-state index contributed by atoms with van der Waals surface area (Å²) in [6.07, 6.45) is 6.71. The maximum atomic E-state index is 6.02. The molecule has 1 atom stereocenters. The molecule has 1 saturated heterocycles. The van der Waals surface area contributed by atoms with Crippen LogP contribution in [0, 0.1) is 5.92 Å². The van der Waals surface area contributed by atoms with Gasteiger partial charge in [-0.2, -0.15) is 0 Å². The number of rotatable bonds is 4. The average Bonchev–Trinajstić information content (AvgIpc) is 2.88. The second-order valence-corrected chi connectivity index (χ2v) is 5.93. The Morgan fingerprint density at radius 1 is 1.38 bits per heavy atom. The standard InChI is InChI=1S/C13H27N3/c1-15-8-5-12(9-15)10-16(2)13(11-14)6-3-4-7-13/h12H,3-11,14H2,1-2H3. The fraction of sp³-hybridized carbons (Fsp3) is 1.00. The first kappa shape index (κ1) is 12.3. The highest BCUT2D eigenvalue weighted by Crippen LogP contribution is 2.34. The van der Waals surface area contributed by atoms with Gasteiger partial charge in [-0.1, -0.05) is 12.8 Å². The minimum atomic E-state index is 0.334. The first-order chi connectivity index (χ1) is 7.66. The van der Waals surface area contributed by atoms with Crippen molar-refractivity contribution in [2.45, 2.75) is 37.6 Å². The molecule has 2 aliphatic rings. The summed E-state index contributed by atoms with van der Waals surface area (Å²) in [6, 6.07) is 0. The third-order valence-electron chi connectivity index (χ3n) is 4.74. The molecule has 2 N–H and O–H groups in total. The van der Waals surface area contributed by atoms with Crippen LogP contribution in [0.4, 0.5) is 0 Å². The number of likely N-dealkylation sites (tertiary alicyclic amines) is 1. The van der Waals surface area contributed by atoms with Gasteiger partial charge in [0.1, 0.15) is 0 Å². The Balaban J connectivity index is 1.88. The predicted molar refractivity (Wildman–Crippen MR) is 68.5 cm³/mol. The van der Waals surface area contributed by atoms with Gasteiger partial charge in [-0.25, -0.2) is 0 Å². The van der Waals surface area contributed by atoms with Gasteiger partial charge in [0.2, 0.25) is 0 Å². The summed E-state index contributed by atoms with van der Waals surface area (Å²) >= 11 is 0. The lowest BCUT2D eigenvalue weighted by Gasteiger charge is -2.39. The molecule has 2 rings (SSSR count). The van der Waals surface area contributed by atoms with Crippen molar-refractivity contribution in [1.29, 1.82) is 0 Å². The molecule has 0 amide bonds. The second kappa shape index (κ2) is 5.03. The van der Waals surface area contributed by atoms with Gasteiger partial charge in [-0.05, 0) is 45.8 Å². The van der Waals surface area contributed by atoms with Crippen LogP contribution in [0.25, 0.3) is 0 Å². The molecule has 0 bridgehead atoms. The molecule has 1 unspecified atom stereocenters. The van der Waals surface area contributed by atoms with E-state index in [2.05, 4.69) is 23.9 Å². The number of likely N-dealkylation sites (N-methyl/N-ethyl adjacent to an activating group) is 1. The van der Waals surface area contributed by atoms with Gasteiger partial charge in [-0.15, -0.1) is 0 Å². The first-order valence-corrected chi connectivity index (χ1v) is 6.76. The smallest absolute Gasteiger partial charge is 0.0328 e. The first-order valence-electron chi connectivity index (χ1n) is 6.76. The molecule has 1 heterocycles. The Labute approximate surface area is 100.0 Å². The molecule has 3 nitrogen and oxygen atoms in total. The molecule has 2 fully saturated rings. The van der Waals surface area contributed by atoms with E-state index in [9.17, 15) is 0 Å². The zero-order chi connectivity index (χ0) is 11.6. The van der Waals surface area contributed by atoms with Gasteiger partial charge in [0.25, 0.3) is 0 Å². The molecule has 0 aromatic carbocycles. The van der Waals surface area contributed by atoms with Crippen molar-refractivity contribution in [3.05, 3.63) is 0 Å². The van der Waals surface area contributed by atoms with E-state index >= 15 is 0 Å². The van der Waals surface area contributed by atoms with Gasteiger partial charge < -0.3 is 10.6 Å². The molecular formula is C13H27N3. The van der Waals surface area contributed by atoms with Crippen LogP contribution < -0.4 is 5.73 Å². The predicted octanol–water partition coefficient (Wildman–Crippen LogP) is 1.14. The van der Waals surface area contributed by atoms with Crippen LogP contribution in [0.2, 0.25) is 0 Å². The minimum absolute atomic E-state index is 0.334.